The fraction of sp³-hybridized carbons (Fsp3) is 0.200. The second-order valence-electron chi connectivity index (χ2n) is 4.09. The minimum atomic E-state index is 0.718. The molecule has 0 saturated carbocycles. The van der Waals surface area contributed by atoms with E-state index in [1.807, 2.05) is 42.5 Å². The predicted molar refractivity (Wildman–Crippen MR) is 83.0 cm³/mol. The van der Waals surface area contributed by atoms with Gasteiger partial charge < -0.3 is 10.1 Å². The molecule has 0 aliphatic rings. The fourth-order valence-corrected chi connectivity index (χ4v) is 2.13. The Labute approximate surface area is 126 Å². The van der Waals surface area contributed by atoms with Crippen molar-refractivity contribution in [3.05, 3.63) is 57.5 Å². The molecule has 0 heterocycles. The van der Waals surface area contributed by atoms with Crippen LogP contribution < -0.4 is 10.1 Å². The van der Waals surface area contributed by atoms with Crippen molar-refractivity contribution in [1.29, 1.82) is 0 Å². The highest BCUT2D eigenvalue weighted by atomic mass is 79.9. The average molecular weight is 341 g/mol. The van der Waals surface area contributed by atoms with E-state index in [9.17, 15) is 0 Å². The van der Waals surface area contributed by atoms with Crippen LogP contribution in [0.25, 0.3) is 0 Å². The maximum absolute atomic E-state index is 6.23. The summed E-state index contributed by atoms with van der Waals surface area (Å²) in [6.07, 6.45) is 0. The van der Waals surface area contributed by atoms with Crippen molar-refractivity contribution in [3.63, 3.8) is 0 Å². The molecule has 2 aromatic rings. The molecule has 0 bridgehead atoms. The minimum absolute atomic E-state index is 0.718. The first-order valence-corrected chi connectivity index (χ1v) is 7.28. The lowest BCUT2D eigenvalue weighted by Crippen LogP contribution is -2.11. The lowest BCUT2D eigenvalue weighted by Gasteiger charge is -2.09. The molecule has 0 aromatic heterocycles. The van der Waals surface area contributed by atoms with Crippen molar-refractivity contribution in [2.45, 2.75) is 13.5 Å². The van der Waals surface area contributed by atoms with E-state index in [2.05, 4.69) is 28.2 Å². The highest BCUT2D eigenvalue weighted by molar-refractivity contribution is 9.10. The number of rotatable bonds is 5. The topological polar surface area (TPSA) is 21.3 Å². The SMILES string of the molecule is CCNCc1ccc(Oc2ccc(Br)cc2)cc1Cl. The quantitative estimate of drug-likeness (QED) is 0.826. The summed E-state index contributed by atoms with van der Waals surface area (Å²) in [4.78, 5) is 0. The number of nitrogens with one attached hydrogen (secondary N) is 1. The highest BCUT2D eigenvalue weighted by Crippen LogP contribution is 2.27. The third-order valence-corrected chi connectivity index (χ3v) is 3.52. The average Bonchev–Trinajstić information content (AvgIpc) is 2.41. The van der Waals surface area contributed by atoms with Crippen molar-refractivity contribution in [2.24, 2.45) is 0 Å². The van der Waals surface area contributed by atoms with Crippen LogP contribution in [-0.4, -0.2) is 6.54 Å². The van der Waals surface area contributed by atoms with Gasteiger partial charge in [0.25, 0.3) is 0 Å². The van der Waals surface area contributed by atoms with Gasteiger partial charge in [-0.05, 0) is 48.5 Å². The molecule has 19 heavy (non-hydrogen) atoms. The zero-order chi connectivity index (χ0) is 13.7. The number of ether oxygens (including phenoxy) is 1. The number of halogens is 2. The first-order valence-electron chi connectivity index (χ1n) is 6.11. The Bertz CT molecular complexity index is 542. The Hall–Kier alpha value is -1.03. The standard InChI is InChI=1S/C15H15BrClNO/c1-2-18-10-11-3-6-14(9-15(11)17)19-13-7-4-12(16)5-8-13/h3-9,18H,2,10H2,1H3. The molecule has 2 nitrogen and oxygen atoms in total. The van der Waals surface area contributed by atoms with Gasteiger partial charge in [0, 0.05) is 16.0 Å². The smallest absolute Gasteiger partial charge is 0.128 e. The Morgan fingerprint density at radius 1 is 1.11 bits per heavy atom. The Balaban J connectivity index is 2.09. The van der Waals surface area contributed by atoms with Gasteiger partial charge >= 0.3 is 0 Å². The van der Waals surface area contributed by atoms with Gasteiger partial charge in [-0.25, -0.2) is 0 Å². The summed E-state index contributed by atoms with van der Waals surface area (Å²) in [5.41, 5.74) is 1.08. The predicted octanol–water partition coefficient (Wildman–Crippen LogP) is 5.00. The van der Waals surface area contributed by atoms with E-state index in [1.165, 1.54) is 0 Å². The van der Waals surface area contributed by atoms with E-state index in [0.29, 0.717) is 0 Å². The third-order valence-electron chi connectivity index (χ3n) is 2.64. The second kappa shape index (κ2) is 6.94. The molecule has 100 valence electrons. The van der Waals surface area contributed by atoms with Gasteiger partial charge in [0.05, 0.1) is 0 Å². The van der Waals surface area contributed by atoms with Crippen molar-refractivity contribution < 1.29 is 4.74 Å². The molecule has 0 aliphatic carbocycles. The van der Waals surface area contributed by atoms with Crippen molar-refractivity contribution in [1.82, 2.24) is 5.32 Å². The van der Waals surface area contributed by atoms with Crippen LogP contribution in [0.1, 0.15) is 12.5 Å². The molecule has 2 rings (SSSR count). The maximum Gasteiger partial charge on any atom is 0.128 e. The van der Waals surface area contributed by atoms with Crippen LogP contribution in [0.3, 0.4) is 0 Å². The first kappa shape index (κ1) is 14.4. The molecule has 0 fully saturated rings. The van der Waals surface area contributed by atoms with Crippen molar-refractivity contribution in [2.75, 3.05) is 6.54 Å². The molecule has 0 atom stereocenters. The zero-order valence-corrected chi connectivity index (χ0v) is 13.0. The van der Waals surface area contributed by atoms with Crippen LogP contribution in [0.15, 0.2) is 46.9 Å². The number of hydrogen-bond donors (Lipinski definition) is 1. The van der Waals surface area contributed by atoms with Gasteiger partial charge in [-0.1, -0.05) is 40.5 Å². The van der Waals surface area contributed by atoms with Gasteiger partial charge in [-0.3, -0.25) is 0 Å². The summed E-state index contributed by atoms with van der Waals surface area (Å²) in [5.74, 6) is 1.53. The molecule has 1 N–H and O–H groups in total. The maximum atomic E-state index is 6.23. The van der Waals surface area contributed by atoms with Gasteiger partial charge in [-0.15, -0.1) is 0 Å². The van der Waals surface area contributed by atoms with Crippen LogP contribution in [0.4, 0.5) is 0 Å². The van der Waals surface area contributed by atoms with Crippen LogP contribution in [0, 0.1) is 0 Å². The third kappa shape index (κ3) is 4.23. The highest BCUT2D eigenvalue weighted by Gasteiger charge is 2.03. The Morgan fingerprint density at radius 2 is 1.79 bits per heavy atom. The van der Waals surface area contributed by atoms with Crippen molar-refractivity contribution in [3.8, 4) is 11.5 Å². The van der Waals surface area contributed by atoms with Gasteiger partial charge in [-0.2, -0.15) is 0 Å². The zero-order valence-electron chi connectivity index (χ0n) is 10.6. The first-order chi connectivity index (χ1) is 9.19. The van der Waals surface area contributed by atoms with Gasteiger partial charge in [0.2, 0.25) is 0 Å². The van der Waals surface area contributed by atoms with Crippen LogP contribution in [0.5, 0.6) is 11.5 Å². The molecular weight excluding hydrogens is 326 g/mol. The number of benzene rings is 2. The molecule has 0 unspecified atom stereocenters. The Morgan fingerprint density at radius 3 is 2.42 bits per heavy atom. The van der Waals surface area contributed by atoms with E-state index >= 15 is 0 Å². The summed E-state index contributed by atoms with van der Waals surface area (Å²) in [6.45, 7) is 3.76. The molecular formula is C15H15BrClNO. The molecule has 0 spiro atoms. The van der Waals surface area contributed by atoms with E-state index in [4.69, 9.17) is 16.3 Å². The lowest BCUT2D eigenvalue weighted by molar-refractivity contribution is 0.482. The number of hydrogen-bond acceptors (Lipinski definition) is 2. The van der Waals surface area contributed by atoms with Crippen LogP contribution in [0.2, 0.25) is 5.02 Å². The van der Waals surface area contributed by atoms with Crippen LogP contribution >= 0.6 is 27.5 Å². The second-order valence-corrected chi connectivity index (χ2v) is 5.41. The normalized spacial score (nSPS) is 10.5. The Kier molecular flexibility index (Phi) is 5.25. The summed E-state index contributed by atoms with van der Waals surface area (Å²) in [6, 6.07) is 13.5. The summed E-state index contributed by atoms with van der Waals surface area (Å²) >= 11 is 9.62. The largest absolute Gasteiger partial charge is 0.457 e. The van der Waals surface area contributed by atoms with Gasteiger partial charge in [0.1, 0.15) is 11.5 Å². The van der Waals surface area contributed by atoms with E-state index in [-0.39, 0.29) is 0 Å². The molecule has 0 radical (unpaired) electrons. The lowest BCUT2D eigenvalue weighted by atomic mass is 10.2. The van der Waals surface area contributed by atoms with Crippen LogP contribution in [-0.2, 0) is 6.54 Å². The molecule has 0 saturated heterocycles. The molecule has 0 amide bonds. The van der Waals surface area contributed by atoms with E-state index in [0.717, 1.165) is 39.6 Å². The van der Waals surface area contributed by atoms with Crippen molar-refractivity contribution >= 4 is 27.5 Å². The molecule has 0 aliphatic heterocycles. The fourth-order valence-electron chi connectivity index (χ4n) is 1.63. The summed E-state index contributed by atoms with van der Waals surface area (Å²) < 4.78 is 6.77. The molecule has 2 aromatic carbocycles. The minimum Gasteiger partial charge on any atom is -0.457 e. The monoisotopic (exact) mass is 339 g/mol. The van der Waals surface area contributed by atoms with Gasteiger partial charge in [0.15, 0.2) is 0 Å². The summed E-state index contributed by atoms with van der Waals surface area (Å²) in [7, 11) is 0. The van der Waals surface area contributed by atoms with E-state index in [1.54, 1.807) is 0 Å². The van der Waals surface area contributed by atoms with E-state index < -0.39 is 0 Å². The summed E-state index contributed by atoms with van der Waals surface area (Å²) in [5, 5.41) is 3.97. The molecule has 4 heteroatoms.